The van der Waals surface area contributed by atoms with Crippen LogP contribution in [0.5, 0.6) is 11.5 Å². The third kappa shape index (κ3) is 3.66. The average Bonchev–Trinajstić information content (AvgIpc) is 2.80. The van der Waals surface area contributed by atoms with Gasteiger partial charge in [-0.05, 0) is 71.2 Å². The highest BCUT2D eigenvalue weighted by atomic mass is 32.2. The standard InChI is InChI=1S/C22H26O2S4/c1-23-19-9-5-17(6-10-19)21(25-13-3-14-26-21)22(27-15-4-16-28-22)18-7-11-20(24-2)12-8-18/h5-12H,3-4,13-16H2,1-2H3. The first kappa shape index (κ1) is 20.7. The van der Waals surface area contributed by atoms with Gasteiger partial charge in [0.05, 0.1) is 14.2 Å². The van der Waals surface area contributed by atoms with Gasteiger partial charge in [-0.25, -0.2) is 0 Å². The van der Waals surface area contributed by atoms with Gasteiger partial charge in [0.25, 0.3) is 0 Å². The lowest BCUT2D eigenvalue weighted by Gasteiger charge is -2.52. The zero-order valence-corrected chi connectivity index (χ0v) is 19.6. The van der Waals surface area contributed by atoms with Gasteiger partial charge in [0.1, 0.15) is 19.7 Å². The number of thioether (sulfide) groups is 4. The second-order valence-electron chi connectivity index (χ2n) is 6.79. The third-order valence-electron chi connectivity index (χ3n) is 5.17. The van der Waals surface area contributed by atoms with Gasteiger partial charge in [0, 0.05) is 0 Å². The van der Waals surface area contributed by atoms with Crippen LogP contribution in [0, 0.1) is 0 Å². The molecule has 2 fully saturated rings. The Morgan fingerprint density at radius 3 is 1.18 bits per heavy atom. The fourth-order valence-electron chi connectivity index (χ4n) is 3.78. The zero-order valence-electron chi connectivity index (χ0n) is 16.3. The summed E-state index contributed by atoms with van der Waals surface area (Å²) in [5.41, 5.74) is 2.81. The molecule has 6 heteroatoms. The molecule has 0 saturated carbocycles. The average molecular weight is 451 g/mol. The molecule has 2 nitrogen and oxygen atoms in total. The van der Waals surface area contributed by atoms with Gasteiger partial charge in [0.15, 0.2) is 0 Å². The second-order valence-corrected chi connectivity index (χ2v) is 12.5. The summed E-state index contributed by atoms with van der Waals surface area (Å²) in [6, 6.07) is 17.6. The van der Waals surface area contributed by atoms with E-state index in [-0.39, 0.29) is 8.16 Å². The van der Waals surface area contributed by atoms with E-state index < -0.39 is 0 Å². The fourth-order valence-corrected chi connectivity index (χ4v) is 12.0. The van der Waals surface area contributed by atoms with Gasteiger partial charge < -0.3 is 9.47 Å². The molecule has 0 aromatic heterocycles. The van der Waals surface area contributed by atoms with Crippen molar-refractivity contribution in [3.05, 3.63) is 59.7 Å². The summed E-state index contributed by atoms with van der Waals surface area (Å²) in [5.74, 6) is 6.67. The summed E-state index contributed by atoms with van der Waals surface area (Å²) in [5, 5.41) is 0. The van der Waals surface area contributed by atoms with E-state index in [0.29, 0.717) is 0 Å². The lowest BCUT2D eigenvalue weighted by Crippen LogP contribution is -2.43. The number of hydrogen-bond acceptors (Lipinski definition) is 6. The first-order valence-corrected chi connectivity index (χ1v) is 13.5. The van der Waals surface area contributed by atoms with Crippen LogP contribution in [0.2, 0.25) is 0 Å². The van der Waals surface area contributed by atoms with Crippen LogP contribution in [0.25, 0.3) is 0 Å². The van der Waals surface area contributed by atoms with Crippen LogP contribution in [-0.4, -0.2) is 37.2 Å². The van der Waals surface area contributed by atoms with Gasteiger partial charge >= 0.3 is 0 Å². The summed E-state index contributed by atoms with van der Waals surface area (Å²) < 4.78 is 10.8. The minimum absolute atomic E-state index is 0.0120. The Kier molecular flexibility index (Phi) is 6.70. The smallest absolute Gasteiger partial charge is 0.118 e. The molecule has 0 N–H and O–H groups in total. The van der Waals surface area contributed by atoms with Crippen molar-refractivity contribution < 1.29 is 9.47 Å². The fraction of sp³-hybridized carbons (Fsp3) is 0.455. The van der Waals surface area contributed by atoms with Crippen LogP contribution < -0.4 is 9.47 Å². The molecular weight excluding hydrogens is 425 g/mol. The van der Waals surface area contributed by atoms with Gasteiger partial charge in [-0.1, -0.05) is 24.3 Å². The highest BCUT2D eigenvalue weighted by Crippen LogP contribution is 2.70. The van der Waals surface area contributed by atoms with E-state index in [1.165, 1.54) is 47.0 Å². The van der Waals surface area contributed by atoms with Crippen molar-refractivity contribution in [2.24, 2.45) is 0 Å². The first-order chi connectivity index (χ1) is 13.7. The number of hydrogen-bond donors (Lipinski definition) is 0. The van der Waals surface area contributed by atoms with E-state index in [1.807, 2.05) is 0 Å². The molecule has 28 heavy (non-hydrogen) atoms. The highest BCUT2D eigenvalue weighted by Gasteiger charge is 2.57. The highest BCUT2D eigenvalue weighted by molar-refractivity contribution is 8.24. The maximum Gasteiger partial charge on any atom is 0.118 e. The van der Waals surface area contributed by atoms with Crippen molar-refractivity contribution in [3.8, 4) is 11.5 Å². The number of benzene rings is 2. The van der Waals surface area contributed by atoms with Gasteiger partial charge in [0.2, 0.25) is 0 Å². The number of rotatable bonds is 5. The Hall–Kier alpha value is -0.560. The van der Waals surface area contributed by atoms with Gasteiger partial charge in [-0.3, -0.25) is 0 Å². The summed E-state index contributed by atoms with van der Waals surface area (Å²) in [6.07, 6.45) is 2.56. The predicted molar refractivity (Wildman–Crippen MR) is 128 cm³/mol. The second kappa shape index (κ2) is 9.07. The molecule has 0 bridgehead atoms. The Labute approximate surface area is 185 Å². The van der Waals surface area contributed by atoms with Crippen LogP contribution >= 0.6 is 47.0 Å². The predicted octanol–water partition coefficient (Wildman–Crippen LogP) is 6.45. The number of methoxy groups -OCH3 is 2. The minimum atomic E-state index is -0.0120. The molecule has 0 atom stereocenters. The summed E-state index contributed by atoms with van der Waals surface area (Å²) in [7, 11) is 3.47. The van der Waals surface area contributed by atoms with E-state index in [1.54, 1.807) is 14.2 Å². The van der Waals surface area contributed by atoms with Crippen LogP contribution in [0.4, 0.5) is 0 Å². The number of ether oxygens (including phenoxy) is 2. The van der Waals surface area contributed by atoms with Crippen molar-refractivity contribution in [2.75, 3.05) is 37.2 Å². The van der Waals surface area contributed by atoms with E-state index in [4.69, 9.17) is 9.47 Å². The van der Waals surface area contributed by atoms with E-state index in [2.05, 4.69) is 95.6 Å². The molecule has 2 heterocycles. The molecule has 2 aromatic rings. The molecule has 0 aliphatic carbocycles. The monoisotopic (exact) mass is 450 g/mol. The SMILES string of the molecule is COc1ccc(C2(C3(c4ccc(OC)cc4)SCCCS3)SCCCS2)cc1. The van der Waals surface area contributed by atoms with Crippen molar-refractivity contribution in [1.82, 2.24) is 0 Å². The van der Waals surface area contributed by atoms with E-state index in [0.717, 1.165) is 11.5 Å². The Balaban J connectivity index is 1.85. The first-order valence-electron chi connectivity index (χ1n) is 9.59. The molecule has 4 rings (SSSR count). The van der Waals surface area contributed by atoms with E-state index in [9.17, 15) is 0 Å². The normalized spacial score (nSPS) is 21.1. The lowest BCUT2D eigenvalue weighted by molar-refractivity contribution is 0.414. The van der Waals surface area contributed by atoms with Crippen molar-refractivity contribution >= 4 is 47.0 Å². The molecule has 2 aliphatic heterocycles. The lowest BCUT2D eigenvalue weighted by atomic mass is 10.0. The van der Waals surface area contributed by atoms with Crippen molar-refractivity contribution in [3.63, 3.8) is 0 Å². The summed E-state index contributed by atoms with van der Waals surface area (Å²) in [4.78, 5) is 0. The van der Waals surface area contributed by atoms with Crippen molar-refractivity contribution in [2.45, 2.75) is 21.0 Å². The molecular formula is C22H26O2S4. The third-order valence-corrected chi connectivity index (χ3v) is 12.9. The maximum atomic E-state index is 5.43. The molecule has 0 unspecified atom stereocenters. The molecule has 2 aliphatic rings. The molecule has 0 radical (unpaired) electrons. The van der Waals surface area contributed by atoms with E-state index >= 15 is 0 Å². The van der Waals surface area contributed by atoms with Crippen LogP contribution in [0.3, 0.4) is 0 Å². The Bertz CT molecular complexity index is 697. The Morgan fingerprint density at radius 1 is 0.571 bits per heavy atom. The topological polar surface area (TPSA) is 18.5 Å². The van der Waals surface area contributed by atoms with Crippen LogP contribution in [-0.2, 0) is 8.16 Å². The quantitative estimate of drug-likeness (QED) is 0.517. The molecule has 150 valence electrons. The molecule has 2 saturated heterocycles. The summed E-state index contributed by atoms with van der Waals surface area (Å²) in [6.45, 7) is 0. The minimum Gasteiger partial charge on any atom is -0.497 e. The van der Waals surface area contributed by atoms with Gasteiger partial charge in [-0.15, -0.1) is 47.0 Å². The van der Waals surface area contributed by atoms with Crippen LogP contribution in [0.15, 0.2) is 48.5 Å². The zero-order chi connectivity index (χ0) is 19.5. The molecule has 0 spiro atoms. The summed E-state index contributed by atoms with van der Waals surface area (Å²) >= 11 is 8.55. The molecule has 2 aromatic carbocycles. The van der Waals surface area contributed by atoms with Crippen LogP contribution in [0.1, 0.15) is 24.0 Å². The Morgan fingerprint density at radius 2 is 0.893 bits per heavy atom. The maximum absolute atomic E-state index is 5.43. The van der Waals surface area contributed by atoms with Crippen molar-refractivity contribution in [1.29, 1.82) is 0 Å². The molecule has 0 amide bonds. The largest absolute Gasteiger partial charge is 0.497 e. The van der Waals surface area contributed by atoms with Gasteiger partial charge in [-0.2, -0.15) is 0 Å².